The molecule has 6 nitrogen and oxygen atoms in total. The number of hydrogen-bond donors (Lipinski definition) is 1. The summed E-state index contributed by atoms with van der Waals surface area (Å²) >= 11 is 0. The van der Waals surface area contributed by atoms with Gasteiger partial charge in [-0.15, -0.1) is 0 Å². The maximum absolute atomic E-state index is 12.0. The lowest BCUT2D eigenvalue weighted by Crippen LogP contribution is -2.35. The van der Waals surface area contributed by atoms with E-state index in [0.29, 0.717) is 5.82 Å². The van der Waals surface area contributed by atoms with Gasteiger partial charge in [-0.1, -0.05) is 27.2 Å². The highest BCUT2D eigenvalue weighted by Gasteiger charge is 2.21. The summed E-state index contributed by atoms with van der Waals surface area (Å²) < 4.78 is 24.3. The molecule has 0 bridgehead atoms. The van der Waals surface area contributed by atoms with Crippen LogP contribution in [0.2, 0.25) is 0 Å². The first-order valence-corrected chi connectivity index (χ1v) is 9.27. The zero-order valence-electron chi connectivity index (χ0n) is 12.8. The van der Waals surface area contributed by atoms with Crippen molar-refractivity contribution in [2.24, 2.45) is 0 Å². The third-order valence-corrected chi connectivity index (χ3v) is 4.17. The van der Waals surface area contributed by atoms with Crippen LogP contribution in [-0.2, 0) is 20.4 Å². The summed E-state index contributed by atoms with van der Waals surface area (Å²) in [6.07, 6.45) is 3.19. The fourth-order valence-electron chi connectivity index (χ4n) is 2.09. The molecule has 1 amide bonds. The average molecular weight is 336 g/mol. The lowest BCUT2D eigenvalue weighted by Gasteiger charge is -2.14. The van der Waals surface area contributed by atoms with E-state index in [-0.39, 0.29) is 29.4 Å². The van der Waals surface area contributed by atoms with E-state index in [1.807, 2.05) is 27.7 Å². The number of halogens is 1. The van der Waals surface area contributed by atoms with Gasteiger partial charge in [0.1, 0.15) is 12.4 Å². The van der Waals surface area contributed by atoms with Crippen LogP contribution >= 0.6 is 10.7 Å². The minimum absolute atomic E-state index is 0.0157. The van der Waals surface area contributed by atoms with Gasteiger partial charge in [0.2, 0.25) is 5.91 Å². The Balaban J connectivity index is 2.92. The number of nitrogens with zero attached hydrogens (tertiary/aromatic N) is 2. The molecule has 1 atom stereocenters. The van der Waals surface area contributed by atoms with Crippen LogP contribution < -0.4 is 5.32 Å². The molecule has 1 rings (SSSR count). The SMILES string of the molecule is CCCC(C)NC(=O)Cn1cc(S(=O)(=O)Cl)nc1C(C)C. The second-order valence-corrected chi connectivity index (χ2v) is 7.93. The lowest BCUT2D eigenvalue weighted by molar-refractivity contribution is -0.122. The van der Waals surface area contributed by atoms with Crippen molar-refractivity contribution in [3.05, 3.63) is 12.0 Å². The Hall–Kier alpha value is -1.08. The molecule has 0 saturated heterocycles. The largest absolute Gasteiger partial charge is 0.352 e. The van der Waals surface area contributed by atoms with E-state index in [1.54, 1.807) is 0 Å². The summed E-state index contributed by atoms with van der Waals surface area (Å²) in [4.78, 5) is 16.0. The highest BCUT2D eigenvalue weighted by molar-refractivity contribution is 8.13. The van der Waals surface area contributed by atoms with Crippen molar-refractivity contribution in [3.8, 4) is 0 Å². The zero-order chi connectivity index (χ0) is 16.2. The van der Waals surface area contributed by atoms with Gasteiger partial charge in [0.15, 0.2) is 5.03 Å². The van der Waals surface area contributed by atoms with Crippen molar-refractivity contribution in [3.63, 3.8) is 0 Å². The number of nitrogens with one attached hydrogen (secondary N) is 1. The fraction of sp³-hybridized carbons (Fsp3) is 0.692. The number of hydrogen-bond acceptors (Lipinski definition) is 4. The summed E-state index contributed by atoms with van der Waals surface area (Å²) in [5, 5.41) is 2.65. The van der Waals surface area contributed by atoms with Gasteiger partial charge in [0.05, 0.1) is 0 Å². The minimum Gasteiger partial charge on any atom is -0.352 e. The molecule has 1 heterocycles. The Kier molecular flexibility index (Phi) is 6.22. The smallest absolute Gasteiger partial charge is 0.280 e. The number of carbonyl (C=O) groups is 1. The maximum Gasteiger partial charge on any atom is 0.280 e. The van der Waals surface area contributed by atoms with Crippen LogP contribution in [0.5, 0.6) is 0 Å². The summed E-state index contributed by atoms with van der Waals surface area (Å²) in [5.74, 6) is 0.333. The van der Waals surface area contributed by atoms with Gasteiger partial charge in [-0.25, -0.2) is 13.4 Å². The van der Waals surface area contributed by atoms with Crippen LogP contribution in [0.1, 0.15) is 52.3 Å². The van der Waals surface area contributed by atoms with E-state index in [4.69, 9.17) is 10.7 Å². The summed E-state index contributed by atoms with van der Waals surface area (Å²) in [6.45, 7) is 7.77. The Morgan fingerprint density at radius 3 is 2.52 bits per heavy atom. The summed E-state index contributed by atoms with van der Waals surface area (Å²) in [5.41, 5.74) is 0. The van der Waals surface area contributed by atoms with Gasteiger partial charge in [0, 0.05) is 28.8 Å². The van der Waals surface area contributed by atoms with Crippen LogP contribution in [0.3, 0.4) is 0 Å². The average Bonchev–Trinajstić information content (AvgIpc) is 2.72. The van der Waals surface area contributed by atoms with Gasteiger partial charge in [0.25, 0.3) is 9.05 Å². The molecule has 0 spiro atoms. The van der Waals surface area contributed by atoms with Crippen LogP contribution in [0.15, 0.2) is 11.2 Å². The molecular weight excluding hydrogens is 314 g/mol. The predicted molar refractivity (Wildman–Crippen MR) is 81.9 cm³/mol. The Bertz CT molecular complexity index is 596. The molecule has 0 saturated carbocycles. The second kappa shape index (κ2) is 7.26. The first kappa shape index (κ1) is 18.0. The van der Waals surface area contributed by atoms with Crippen molar-refractivity contribution < 1.29 is 13.2 Å². The normalized spacial score (nSPS) is 13.4. The molecule has 0 fully saturated rings. The maximum atomic E-state index is 12.0. The highest BCUT2D eigenvalue weighted by Crippen LogP contribution is 2.19. The molecule has 0 aliphatic rings. The van der Waals surface area contributed by atoms with E-state index in [9.17, 15) is 13.2 Å². The number of rotatable bonds is 7. The standard InChI is InChI=1S/C13H22ClN3O3S/c1-5-6-10(4)15-11(18)7-17-8-12(21(14,19)20)16-13(17)9(2)3/h8-10H,5-7H2,1-4H3,(H,15,18). The molecule has 21 heavy (non-hydrogen) atoms. The van der Waals surface area contributed by atoms with E-state index in [0.717, 1.165) is 12.8 Å². The molecule has 0 aliphatic heterocycles. The molecule has 120 valence electrons. The molecule has 1 N–H and O–H groups in total. The van der Waals surface area contributed by atoms with Crippen molar-refractivity contribution >= 4 is 25.6 Å². The molecule has 0 aliphatic carbocycles. The van der Waals surface area contributed by atoms with E-state index >= 15 is 0 Å². The molecule has 1 aromatic rings. The van der Waals surface area contributed by atoms with Gasteiger partial charge in [-0.2, -0.15) is 0 Å². The van der Waals surface area contributed by atoms with Gasteiger partial charge < -0.3 is 9.88 Å². The molecular formula is C13H22ClN3O3S. The number of carbonyl (C=O) groups excluding carboxylic acids is 1. The first-order chi connectivity index (χ1) is 9.65. The molecule has 8 heteroatoms. The highest BCUT2D eigenvalue weighted by atomic mass is 35.7. The van der Waals surface area contributed by atoms with E-state index < -0.39 is 9.05 Å². The Morgan fingerprint density at radius 2 is 2.05 bits per heavy atom. The van der Waals surface area contributed by atoms with E-state index in [2.05, 4.69) is 10.3 Å². The monoisotopic (exact) mass is 335 g/mol. The Labute approximate surface area is 130 Å². The van der Waals surface area contributed by atoms with Crippen LogP contribution in [0, 0.1) is 0 Å². The van der Waals surface area contributed by atoms with Crippen molar-refractivity contribution in [2.75, 3.05) is 0 Å². The first-order valence-electron chi connectivity index (χ1n) is 6.96. The van der Waals surface area contributed by atoms with Crippen molar-refractivity contribution in [2.45, 2.75) is 64.1 Å². The third kappa shape index (κ3) is 5.32. The Morgan fingerprint density at radius 1 is 1.43 bits per heavy atom. The number of imidazole rings is 1. The fourth-order valence-corrected chi connectivity index (χ4v) is 2.77. The summed E-state index contributed by atoms with van der Waals surface area (Å²) in [6, 6.07) is 0.0877. The molecule has 1 aromatic heterocycles. The predicted octanol–water partition coefficient (Wildman–Crippen LogP) is 2.24. The minimum atomic E-state index is -3.90. The number of amides is 1. The number of aromatic nitrogens is 2. The van der Waals surface area contributed by atoms with Crippen molar-refractivity contribution in [1.29, 1.82) is 0 Å². The van der Waals surface area contributed by atoms with Crippen LogP contribution in [-0.4, -0.2) is 29.9 Å². The van der Waals surface area contributed by atoms with Crippen LogP contribution in [0.25, 0.3) is 0 Å². The zero-order valence-corrected chi connectivity index (χ0v) is 14.3. The van der Waals surface area contributed by atoms with Gasteiger partial charge in [-0.05, 0) is 13.3 Å². The molecule has 0 aromatic carbocycles. The van der Waals surface area contributed by atoms with Gasteiger partial charge >= 0.3 is 0 Å². The lowest BCUT2D eigenvalue weighted by atomic mass is 10.2. The van der Waals surface area contributed by atoms with Crippen LogP contribution in [0.4, 0.5) is 0 Å². The quantitative estimate of drug-likeness (QED) is 0.775. The molecule has 0 radical (unpaired) electrons. The van der Waals surface area contributed by atoms with Gasteiger partial charge in [-0.3, -0.25) is 4.79 Å². The third-order valence-electron chi connectivity index (χ3n) is 2.99. The van der Waals surface area contributed by atoms with E-state index in [1.165, 1.54) is 10.8 Å². The topological polar surface area (TPSA) is 81.1 Å². The molecule has 1 unspecified atom stereocenters. The second-order valence-electron chi connectivity index (χ2n) is 5.42. The van der Waals surface area contributed by atoms with Crippen molar-refractivity contribution in [1.82, 2.24) is 14.9 Å². The summed E-state index contributed by atoms with van der Waals surface area (Å²) in [7, 11) is 1.41.